The summed E-state index contributed by atoms with van der Waals surface area (Å²) >= 11 is 0. The van der Waals surface area contributed by atoms with E-state index in [0.29, 0.717) is 57.6 Å². The third kappa shape index (κ3) is 4.12. The summed E-state index contributed by atoms with van der Waals surface area (Å²) in [5.74, 6) is -1.58. The molecule has 2 aromatic rings. The molecule has 2 aromatic carbocycles. The van der Waals surface area contributed by atoms with Crippen molar-refractivity contribution >= 4 is 17.4 Å². The maximum atomic E-state index is 14.9. The Labute approximate surface area is 196 Å². The van der Waals surface area contributed by atoms with E-state index in [1.54, 1.807) is 30.3 Å². The Morgan fingerprint density at radius 2 is 1.71 bits per heavy atom. The van der Waals surface area contributed by atoms with E-state index in [9.17, 15) is 19.1 Å². The van der Waals surface area contributed by atoms with Gasteiger partial charge >= 0.3 is 0 Å². The SMILES string of the molecule is O=C1C(=O)N(CCN2CCOCC2)C(c2ccccc2F)/C1=C(/O)c1ccc2c(c1)OCCO2. The van der Waals surface area contributed by atoms with Crippen molar-refractivity contribution in [2.45, 2.75) is 6.04 Å². The highest BCUT2D eigenvalue weighted by Gasteiger charge is 2.47. The van der Waals surface area contributed by atoms with Crippen molar-refractivity contribution in [2.24, 2.45) is 0 Å². The van der Waals surface area contributed by atoms with E-state index < -0.39 is 23.5 Å². The van der Waals surface area contributed by atoms with Crippen LogP contribution in [0.5, 0.6) is 11.5 Å². The molecule has 3 aliphatic rings. The number of benzene rings is 2. The van der Waals surface area contributed by atoms with Gasteiger partial charge in [0.2, 0.25) is 0 Å². The number of hydrogen-bond donors (Lipinski definition) is 1. The number of carbonyl (C=O) groups is 2. The molecular weight excluding hydrogens is 443 g/mol. The van der Waals surface area contributed by atoms with Gasteiger partial charge in [-0.1, -0.05) is 18.2 Å². The number of aliphatic hydroxyl groups is 1. The minimum Gasteiger partial charge on any atom is -0.507 e. The Morgan fingerprint density at radius 3 is 2.47 bits per heavy atom. The normalized spacial score (nSPS) is 22.3. The molecule has 8 nitrogen and oxygen atoms in total. The molecule has 1 unspecified atom stereocenters. The first-order valence-corrected chi connectivity index (χ1v) is 11.3. The minimum absolute atomic E-state index is 0.145. The number of rotatable bonds is 5. The average molecular weight is 468 g/mol. The molecule has 5 rings (SSSR count). The van der Waals surface area contributed by atoms with Gasteiger partial charge in [0.15, 0.2) is 11.5 Å². The second kappa shape index (κ2) is 9.44. The lowest BCUT2D eigenvalue weighted by atomic mass is 9.94. The van der Waals surface area contributed by atoms with Gasteiger partial charge in [-0.3, -0.25) is 14.5 Å². The van der Waals surface area contributed by atoms with Crippen LogP contribution < -0.4 is 9.47 Å². The van der Waals surface area contributed by atoms with Gasteiger partial charge in [0.1, 0.15) is 24.8 Å². The van der Waals surface area contributed by atoms with E-state index in [-0.39, 0.29) is 29.0 Å². The van der Waals surface area contributed by atoms with Gasteiger partial charge in [-0.05, 0) is 24.3 Å². The topological polar surface area (TPSA) is 88.5 Å². The van der Waals surface area contributed by atoms with Crippen LogP contribution in [0.4, 0.5) is 4.39 Å². The molecule has 2 fully saturated rings. The lowest BCUT2D eigenvalue weighted by molar-refractivity contribution is -0.140. The molecule has 0 radical (unpaired) electrons. The number of aliphatic hydroxyl groups excluding tert-OH is 1. The third-order valence-electron chi connectivity index (χ3n) is 6.32. The molecule has 1 atom stereocenters. The number of Topliss-reactive ketones (excluding diaryl/α,β-unsaturated/α-hetero) is 1. The van der Waals surface area contributed by atoms with Crippen LogP contribution in [0, 0.1) is 5.82 Å². The van der Waals surface area contributed by atoms with Gasteiger partial charge in [0.05, 0.1) is 24.8 Å². The number of likely N-dealkylation sites (tertiary alicyclic amines) is 1. The van der Waals surface area contributed by atoms with Crippen LogP contribution in [0.25, 0.3) is 5.76 Å². The molecule has 0 spiro atoms. The Morgan fingerprint density at radius 1 is 0.971 bits per heavy atom. The molecular formula is C25H25FN2O6. The van der Waals surface area contributed by atoms with E-state index in [4.69, 9.17) is 14.2 Å². The number of amides is 1. The first-order chi connectivity index (χ1) is 16.5. The summed E-state index contributed by atoms with van der Waals surface area (Å²) in [4.78, 5) is 29.7. The smallest absolute Gasteiger partial charge is 0.295 e. The molecule has 9 heteroatoms. The number of halogens is 1. The second-order valence-corrected chi connectivity index (χ2v) is 8.33. The maximum absolute atomic E-state index is 14.9. The fraction of sp³-hybridized carbons (Fsp3) is 0.360. The van der Waals surface area contributed by atoms with Gasteiger partial charge in [0, 0.05) is 37.3 Å². The van der Waals surface area contributed by atoms with E-state index in [1.807, 2.05) is 0 Å². The zero-order valence-electron chi connectivity index (χ0n) is 18.5. The van der Waals surface area contributed by atoms with Crippen molar-refractivity contribution in [1.82, 2.24) is 9.80 Å². The lowest BCUT2D eigenvalue weighted by Crippen LogP contribution is -2.42. The van der Waals surface area contributed by atoms with Crippen LogP contribution in [0.15, 0.2) is 48.0 Å². The minimum atomic E-state index is -1.05. The highest BCUT2D eigenvalue weighted by atomic mass is 19.1. The lowest BCUT2D eigenvalue weighted by Gasteiger charge is -2.31. The summed E-state index contributed by atoms with van der Waals surface area (Å²) in [6, 6.07) is 9.73. The summed E-state index contributed by atoms with van der Waals surface area (Å²) in [7, 11) is 0. The van der Waals surface area contributed by atoms with Gasteiger partial charge in [-0.15, -0.1) is 0 Å². The highest BCUT2D eigenvalue weighted by molar-refractivity contribution is 6.46. The van der Waals surface area contributed by atoms with Crippen molar-refractivity contribution in [3.05, 3.63) is 65.0 Å². The Kier molecular flexibility index (Phi) is 6.21. The first-order valence-electron chi connectivity index (χ1n) is 11.3. The van der Waals surface area contributed by atoms with Crippen molar-refractivity contribution in [3.63, 3.8) is 0 Å². The van der Waals surface area contributed by atoms with Gasteiger partial charge < -0.3 is 24.2 Å². The predicted octanol–water partition coefficient (Wildman–Crippen LogP) is 2.35. The van der Waals surface area contributed by atoms with E-state index in [2.05, 4.69) is 4.90 Å². The third-order valence-corrected chi connectivity index (χ3v) is 6.32. The van der Waals surface area contributed by atoms with Crippen molar-refractivity contribution in [2.75, 3.05) is 52.6 Å². The largest absolute Gasteiger partial charge is 0.507 e. The van der Waals surface area contributed by atoms with E-state index >= 15 is 0 Å². The zero-order chi connectivity index (χ0) is 23.7. The monoisotopic (exact) mass is 468 g/mol. The van der Waals surface area contributed by atoms with Gasteiger partial charge in [-0.2, -0.15) is 0 Å². The summed E-state index contributed by atoms with van der Waals surface area (Å²) in [5, 5.41) is 11.2. The Balaban J connectivity index is 1.55. The fourth-order valence-electron chi connectivity index (χ4n) is 4.55. The average Bonchev–Trinajstić information content (AvgIpc) is 3.12. The number of ether oxygens (including phenoxy) is 3. The molecule has 0 aromatic heterocycles. The maximum Gasteiger partial charge on any atom is 0.295 e. The standard InChI is InChI=1S/C25H25FN2O6/c26-18-4-2-1-3-17(18)22-21(23(29)16-5-6-19-20(15-16)34-14-13-33-19)24(30)25(31)28(22)8-7-27-9-11-32-12-10-27/h1-6,15,22,29H,7-14H2/b23-21-. The summed E-state index contributed by atoms with van der Waals surface area (Å²) in [6.45, 7) is 4.11. The number of nitrogens with zero attached hydrogens (tertiary/aromatic N) is 2. The number of ketones is 1. The van der Waals surface area contributed by atoms with E-state index in [0.717, 1.165) is 0 Å². The summed E-state index contributed by atoms with van der Waals surface area (Å²) in [5.41, 5.74) is 0.299. The first kappa shape index (κ1) is 22.4. The van der Waals surface area contributed by atoms with Crippen molar-refractivity contribution in [1.29, 1.82) is 0 Å². The molecule has 0 aliphatic carbocycles. The predicted molar refractivity (Wildman–Crippen MR) is 120 cm³/mol. The molecule has 1 amide bonds. The number of hydrogen-bond acceptors (Lipinski definition) is 7. The summed E-state index contributed by atoms with van der Waals surface area (Å²) < 4.78 is 31.4. The number of carbonyl (C=O) groups excluding carboxylic acids is 2. The molecule has 0 bridgehead atoms. The Hall–Kier alpha value is -3.43. The quantitative estimate of drug-likeness (QED) is 0.409. The molecule has 3 heterocycles. The molecule has 34 heavy (non-hydrogen) atoms. The van der Waals surface area contributed by atoms with Crippen molar-refractivity contribution in [3.8, 4) is 11.5 Å². The summed E-state index contributed by atoms with van der Waals surface area (Å²) in [6.07, 6.45) is 0. The van der Waals surface area contributed by atoms with E-state index in [1.165, 1.54) is 17.0 Å². The van der Waals surface area contributed by atoms with Crippen LogP contribution in [0.2, 0.25) is 0 Å². The number of fused-ring (bicyclic) bond motifs is 1. The Bertz CT molecular complexity index is 1140. The van der Waals surface area contributed by atoms with Crippen LogP contribution in [0.1, 0.15) is 17.2 Å². The molecule has 0 saturated carbocycles. The van der Waals surface area contributed by atoms with Crippen LogP contribution >= 0.6 is 0 Å². The molecule has 2 saturated heterocycles. The fourth-order valence-corrected chi connectivity index (χ4v) is 4.55. The molecule has 178 valence electrons. The van der Waals surface area contributed by atoms with Crippen LogP contribution in [-0.2, 0) is 14.3 Å². The number of morpholine rings is 1. The highest BCUT2D eigenvalue weighted by Crippen LogP contribution is 2.41. The van der Waals surface area contributed by atoms with Crippen LogP contribution in [-0.4, -0.2) is 79.2 Å². The van der Waals surface area contributed by atoms with Crippen LogP contribution in [0.3, 0.4) is 0 Å². The van der Waals surface area contributed by atoms with Gasteiger partial charge in [0.25, 0.3) is 11.7 Å². The van der Waals surface area contributed by atoms with Crippen molar-refractivity contribution < 1.29 is 33.3 Å². The zero-order valence-corrected chi connectivity index (χ0v) is 18.5. The molecule has 1 N–H and O–H groups in total. The second-order valence-electron chi connectivity index (χ2n) is 8.33. The molecule has 3 aliphatic heterocycles. The van der Waals surface area contributed by atoms with Gasteiger partial charge in [-0.25, -0.2) is 4.39 Å².